The first-order valence-corrected chi connectivity index (χ1v) is 21.3. The Hall–Kier alpha value is -7.79. The summed E-state index contributed by atoms with van der Waals surface area (Å²) < 4.78 is 2.64. The molecule has 2 aromatic heterocycles. The van der Waals surface area contributed by atoms with Crippen molar-refractivity contribution >= 4 is 31.5 Å². The molecule has 0 saturated carbocycles. The van der Waals surface area contributed by atoms with Crippen LogP contribution in [-0.2, 0) is 0 Å². The Balaban J connectivity index is 0.911. The fraction of sp³-hybridized carbons (Fsp3) is 0. The maximum Gasteiger partial charge on any atom is 0.164 e. The van der Waals surface area contributed by atoms with Crippen LogP contribution in [0.3, 0.4) is 0 Å². The highest BCUT2D eigenvalue weighted by atomic mass is 32.1. The fourth-order valence-electron chi connectivity index (χ4n) is 8.22. The predicted molar refractivity (Wildman–Crippen MR) is 256 cm³/mol. The molecule has 0 saturated heterocycles. The summed E-state index contributed by atoms with van der Waals surface area (Å²) in [5.41, 5.74) is 14.4. The van der Waals surface area contributed by atoms with Crippen LogP contribution in [0.5, 0.6) is 0 Å². The van der Waals surface area contributed by atoms with Gasteiger partial charge in [-0.2, -0.15) is 0 Å². The van der Waals surface area contributed by atoms with E-state index in [9.17, 15) is 0 Å². The Kier molecular flexibility index (Phi) is 9.38. The first-order valence-electron chi connectivity index (χ1n) is 20.5. The number of rotatable bonds is 8. The highest BCUT2D eigenvalue weighted by Gasteiger charge is 2.17. The van der Waals surface area contributed by atoms with E-state index < -0.39 is 0 Å². The molecule has 0 aliphatic carbocycles. The summed E-state index contributed by atoms with van der Waals surface area (Å²) in [5.74, 6) is 1.89. The van der Waals surface area contributed by atoms with Gasteiger partial charge in [-0.1, -0.05) is 200 Å². The third-order valence-corrected chi connectivity index (χ3v) is 12.5. The number of aromatic nitrogens is 3. The summed E-state index contributed by atoms with van der Waals surface area (Å²) in [6.45, 7) is 0. The Morgan fingerprint density at radius 3 is 1.33 bits per heavy atom. The summed E-state index contributed by atoms with van der Waals surface area (Å²) in [6, 6.07) is 79.4. The molecule has 0 atom stereocenters. The molecule has 0 unspecified atom stereocenters. The average Bonchev–Trinajstić information content (AvgIpc) is 3.73. The Morgan fingerprint density at radius 2 is 0.639 bits per heavy atom. The zero-order chi connectivity index (χ0) is 40.5. The molecule has 11 aromatic rings. The highest BCUT2D eigenvalue weighted by molar-refractivity contribution is 7.25. The van der Waals surface area contributed by atoms with Gasteiger partial charge in [-0.15, -0.1) is 11.3 Å². The molecule has 0 spiro atoms. The van der Waals surface area contributed by atoms with Crippen molar-refractivity contribution < 1.29 is 0 Å². The zero-order valence-electron chi connectivity index (χ0n) is 33.1. The normalized spacial score (nSPS) is 11.3. The second-order valence-corrected chi connectivity index (χ2v) is 16.3. The molecule has 0 bridgehead atoms. The molecular weight excluding hydrogens is 759 g/mol. The van der Waals surface area contributed by atoms with E-state index in [4.69, 9.17) is 15.0 Å². The van der Waals surface area contributed by atoms with Gasteiger partial charge < -0.3 is 0 Å². The minimum absolute atomic E-state index is 0.626. The van der Waals surface area contributed by atoms with Crippen molar-refractivity contribution in [2.45, 2.75) is 0 Å². The van der Waals surface area contributed by atoms with E-state index in [2.05, 4.69) is 206 Å². The van der Waals surface area contributed by atoms with Crippen molar-refractivity contribution in [1.82, 2.24) is 15.0 Å². The van der Waals surface area contributed by atoms with Gasteiger partial charge in [0.2, 0.25) is 0 Å². The Bertz CT molecular complexity index is 3340. The summed E-state index contributed by atoms with van der Waals surface area (Å²) in [5, 5.41) is 2.65. The molecule has 9 aromatic carbocycles. The molecule has 0 aliphatic rings. The molecule has 0 fully saturated rings. The van der Waals surface area contributed by atoms with Gasteiger partial charge in [0, 0.05) is 36.9 Å². The largest absolute Gasteiger partial charge is 0.208 e. The molecule has 0 N–H and O–H groups in total. The van der Waals surface area contributed by atoms with E-state index in [0.717, 1.165) is 50.1 Å². The molecule has 11 rings (SSSR count). The van der Waals surface area contributed by atoms with Gasteiger partial charge in [0.15, 0.2) is 17.5 Å². The van der Waals surface area contributed by atoms with Crippen LogP contribution < -0.4 is 0 Å². The Morgan fingerprint density at radius 1 is 0.230 bits per heavy atom. The third-order valence-electron chi connectivity index (χ3n) is 11.4. The van der Waals surface area contributed by atoms with Gasteiger partial charge in [0.25, 0.3) is 0 Å². The van der Waals surface area contributed by atoms with E-state index in [1.165, 1.54) is 42.4 Å². The van der Waals surface area contributed by atoms with Crippen LogP contribution in [0.25, 0.3) is 110 Å². The average molecular weight is 796 g/mol. The van der Waals surface area contributed by atoms with Crippen molar-refractivity contribution in [3.05, 3.63) is 224 Å². The monoisotopic (exact) mass is 795 g/mol. The molecule has 0 radical (unpaired) electrons. The first kappa shape index (κ1) is 36.3. The molecule has 3 nitrogen and oxygen atoms in total. The van der Waals surface area contributed by atoms with E-state index >= 15 is 0 Å². The molecule has 0 amide bonds. The lowest BCUT2D eigenvalue weighted by Gasteiger charge is -2.13. The van der Waals surface area contributed by atoms with E-state index in [-0.39, 0.29) is 0 Å². The molecular formula is C57H37N3S. The number of thiophene rings is 1. The van der Waals surface area contributed by atoms with Gasteiger partial charge in [0.05, 0.1) is 0 Å². The van der Waals surface area contributed by atoms with E-state index in [1.54, 1.807) is 0 Å². The van der Waals surface area contributed by atoms with Crippen LogP contribution in [0.4, 0.5) is 0 Å². The maximum atomic E-state index is 5.15. The summed E-state index contributed by atoms with van der Waals surface area (Å²) in [4.78, 5) is 15.4. The summed E-state index contributed by atoms with van der Waals surface area (Å²) >= 11 is 1.86. The van der Waals surface area contributed by atoms with Crippen LogP contribution in [-0.4, -0.2) is 15.0 Å². The minimum Gasteiger partial charge on any atom is -0.208 e. The van der Waals surface area contributed by atoms with Gasteiger partial charge >= 0.3 is 0 Å². The van der Waals surface area contributed by atoms with Gasteiger partial charge in [-0.05, 0) is 79.9 Å². The Labute approximate surface area is 359 Å². The lowest BCUT2D eigenvalue weighted by Crippen LogP contribution is -2.01. The maximum absolute atomic E-state index is 5.15. The first-order chi connectivity index (χ1) is 30.2. The second-order valence-electron chi connectivity index (χ2n) is 15.2. The summed E-state index contributed by atoms with van der Waals surface area (Å²) in [6.07, 6.45) is 0. The van der Waals surface area contributed by atoms with Crippen molar-refractivity contribution in [3.63, 3.8) is 0 Å². The lowest BCUT2D eigenvalue weighted by atomic mass is 9.96. The van der Waals surface area contributed by atoms with Gasteiger partial charge in [0.1, 0.15) is 0 Å². The number of fused-ring (bicyclic) bond motifs is 3. The molecule has 0 aliphatic heterocycles. The molecule has 2 heterocycles. The standard InChI is InChI=1S/C57H37N3S/c1-3-13-38(14-4-1)45-18-12-20-48(36-45)56-58-55(59-57(60-56)52-23-8-7-21-49(52)42-15-5-2-6-16-42)43-31-29-40(30-32-43)39-25-27-41(28-26-39)44-17-11-19-46(35-44)47-33-34-51-50-22-9-10-24-53(50)61-54(51)37-47/h1-37H. The van der Waals surface area contributed by atoms with Crippen molar-refractivity contribution in [1.29, 1.82) is 0 Å². The van der Waals surface area contributed by atoms with Crippen LogP contribution in [0, 0.1) is 0 Å². The number of nitrogens with zero attached hydrogens (tertiary/aromatic N) is 3. The topological polar surface area (TPSA) is 38.7 Å². The van der Waals surface area contributed by atoms with Crippen LogP contribution in [0.15, 0.2) is 224 Å². The molecule has 4 heteroatoms. The van der Waals surface area contributed by atoms with Crippen molar-refractivity contribution in [2.24, 2.45) is 0 Å². The van der Waals surface area contributed by atoms with Crippen LogP contribution in [0.1, 0.15) is 0 Å². The lowest BCUT2D eigenvalue weighted by molar-refractivity contribution is 1.07. The smallest absolute Gasteiger partial charge is 0.164 e. The fourth-order valence-corrected chi connectivity index (χ4v) is 9.37. The second kappa shape index (κ2) is 15.8. The van der Waals surface area contributed by atoms with Gasteiger partial charge in [-0.3, -0.25) is 0 Å². The van der Waals surface area contributed by atoms with E-state index in [0.29, 0.717) is 17.5 Å². The predicted octanol–water partition coefficient (Wildman–Crippen LogP) is 15.6. The SMILES string of the molecule is c1ccc(-c2cccc(-c3nc(-c4ccc(-c5ccc(-c6cccc(-c7ccc8c(c7)sc7ccccc78)c6)cc5)cc4)nc(-c4ccccc4-c4ccccc4)n3)c2)cc1. The quantitative estimate of drug-likeness (QED) is 0.154. The van der Waals surface area contributed by atoms with Crippen LogP contribution in [0.2, 0.25) is 0 Å². The summed E-state index contributed by atoms with van der Waals surface area (Å²) in [7, 11) is 0. The van der Waals surface area contributed by atoms with Crippen LogP contribution >= 0.6 is 11.3 Å². The van der Waals surface area contributed by atoms with E-state index in [1.807, 2.05) is 29.5 Å². The molecule has 286 valence electrons. The molecule has 61 heavy (non-hydrogen) atoms. The zero-order valence-corrected chi connectivity index (χ0v) is 33.9. The van der Waals surface area contributed by atoms with Gasteiger partial charge in [-0.25, -0.2) is 15.0 Å². The minimum atomic E-state index is 0.626. The number of hydrogen-bond acceptors (Lipinski definition) is 4. The highest BCUT2D eigenvalue weighted by Crippen LogP contribution is 2.38. The number of benzene rings is 9. The van der Waals surface area contributed by atoms with Crippen molar-refractivity contribution in [3.8, 4) is 89.8 Å². The van der Waals surface area contributed by atoms with Crippen molar-refractivity contribution in [2.75, 3.05) is 0 Å². The third kappa shape index (κ3) is 7.20. The number of hydrogen-bond donors (Lipinski definition) is 0.